The van der Waals surface area contributed by atoms with Gasteiger partial charge in [0.1, 0.15) is 12.4 Å². The molecule has 25 heavy (non-hydrogen) atoms. The lowest BCUT2D eigenvalue weighted by molar-refractivity contribution is 0.284. The number of aryl methyl sites for hydroxylation is 2. The number of pyridine rings is 1. The minimum atomic E-state index is -0.355. The van der Waals surface area contributed by atoms with Crippen molar-refractivity contribution in [2.45, 2.75) is 13.5 Å². The van der Waals surface area contributed by atoms with Crippen molar-refractivity contribution in [3.8, 4) is 17.3 Å². The van der Waals surface area contributed by atoms with E-state index < -0.39 is 0 Å². The van der Waals surface area contributed by atoms with Gasteiger partial charge in [0.05, 0.1) is 24.1 Å². The van der Waals surface area contributed by atoms with Gasteiger partial charge in [-0.3, -0.25) is 0 Å². The standard InChI is InChI=1S/C16H16BrN5O3/c1-10-12(17)7-8-15(18-10)25-9-11-13(5-4-6-14(11)24-3)22-16(23)21(2)19-20-22/h4-8H,9H2,1-3H3. The van der Waals surface area contributed by atoms with E-state index in [4.69, 9.17) is 9.47 Å². The zero-order valence-electron chi connectivity index (χ0n) is 13.9. The second kappa shape index (κ2) is 7.06. The molecule has 0 saturated carbocycles. The van der Waals surface area contributed by atoms with Gasteiger partial charge in [-0.1, -0.05) is 6.07 Å². The summed E-state index contributed by atoms with van der Waals surface area (Å²) in [5.74, 6) is 1.06. The van der Waals surface area contributed by atoms with Crippen molar-refractivity contribution in [2.24, 2.45) is 7.05 Å². The lowest BCUT2D eigenvalue weighted by Gasteiger charge is -2.14. The summed E-state index contributed by atoms with van der Waals surface area (Å²) >= 11 is 3.41. The number of tetrazole rings is 1. The molecule has 0 aliphatic rings. The van der Waals surface area contributed by atoms with E-state index in [-0.39, 0.29) is 12.3 Å². The lowest BCUT2D eigenvalue weighted by Crippen LogP contribution is -2.23. The second-order valence-corrected chi connectivity index (χ2v) is 6.11. The summed E-state index contributed by atoms with van der Waals surface area (Å²) in [6.07, 6.45) is 0. The number of halogens is 1. The predicted molar refractivity (Wildman–Crippen MR) is 94.2 cm³/mol. The Bertz CT molecular complexity index is 967. The molecule has 0 fully saturated rings. The number of hydrogen-bond donors (Lipinski definition) is 0. The van der Waals surface area contributed by atoms with Crippen LogP contribution in [0.25, 0.3) is 5.69 Å². The molecule has 0 unspecified atom stereocenters. The molecule has 0 amide bonds. The summed E-state index contributed by atoms with van der Waals surface area (Å²) in [7, 11) is 3.10. The van der Waals surface area contributed by atoms with Gasteiger partial charge in [-0.15, -0.1) is 0 Å². The molecule has 0 N–H and O–H groups in total. The van der Waals surface area contributed by atoms with Gasteiger partial charge in [0.15, 0.2) is 0 Å². The van der Waals surface area contributed by atoms with Crippen LogP contribution in [0.2, 0.25) is 0 Å². The van der Waals surface area contributed by atoms with Crippen LogP contribution in [-0.2, 0) is 13.7 Å². The Morgan fingerprint density at radius 3 is 2.64 bits per heavy atom. The van der Waals surface area contributed by atoms with Gasteiger partial charge in [-0.25, -0.2) is 9.78 Å². The third-order valence-electron chi connectivity index (χ3n) is 3.64. The molecule has 8 nitrogen and oxygen atoms in total. The average Bonchev–Trinajstić information content (AvgIpc) is 2.94. The minimum absolute atomic E-state index is 0.163. The maximum Gasteiger partial charge on any atom is 0.368 e. The molecule has 2 heterocycles. The zero-order valence-corrected chi connectivity index (χ0v) is 15.5. The van der Waals surface area contributed by atoms with Gasteiger partial charge < -0.3 is 9.47 Å². The SMILES string of the molecule is COc1cccc(-n2nnn(C)c2=O)c1COc1ccc(Br)c(C)n1. The molecule has 0 saturated heterocycles. The summed E-state index contributed by atoms with van der Waals surface area (Å²) in [5.41, 5.74) is 1.69. The van der Waals surface area contributed by atoms with Crippen molar-refractivity contribution in [1.82, 2.24) is 24.8 Å². The van der Waals surface area contributed by atoms with Crippen LogP contribution in [0.15, 0.2) is 39.6 Å². The molecular weight excluding hydrogens is 390 g/mol. The average molecular weight is 406 g/mol. The third kappa shape index (κ3) is 3.41. The number of hydrogen-bond acceptors (Lipinski definition) is 6. The van der Waals surface area contributed by atoms with Crippen molar-refractivity contribution in [3.63, 3.8) is 0 Å². The van der Waals surface area contributed by atoms with Crippen molar-refractivity contribution >= 4 is 15.9 Å². The molecular formula is C16H16BrN5O3. The van der Waals surface area contributed by atoms with Gasteiger partial charge in [-0.05, 0) is 51.5 Å². The summed E-state index contributed by atoms with van der Waals surface area (Å²) in [6.45, 7) is 2.04. The van der Waals surface area contributed by atoms with Crippen LogP contribution in [0.1, 0.15) is 11.3 Å². The first-order chi connectivity index (χ1) is 12.0. The Kier molecular flexibility index (Phi) is 4.84. The molecule has 0 atom stereocenters. The Hall–Kier alpha value is -2.68. The maximum absolute atomic E-state index is 12.2. The summed E-state index contributed by atoms with van der Waals surface area (Å²) in [5, 5.41) is 7.63. The van der Waals surface area contributed by atoms with Crippen molar-refractivity contribution in [3.05, 3.63) is 56.5 Å². The Labute approximate surface area is 152 Å². The minimum Gasteiger partial charge on any atom is -0.496 e. The molecule has 0 bridgehead atoms. The van der Waals surface area contributed by atoms with Gasteiger partial charge in [0, 0.05) is 17.6 Å². The van der Waals surface area contributed by atoms with Gasteiger partial charge in [0.25, 0.3) is 0 Å². The van der Waals surface area contributed by atoms with Crippen molar-refractivity contribution in [1.29, 1.82) is 0 Å². The monoisotopic (exact) mass is 405 g/mol. The smallest absolute Gasteiger partial charge is 0.368 e. The molecule has 1 aromatic carbocycles. The molecule has 2 aromatic heterocycles. The highest BCUT2D eigenvalue weighted by molar-refractivity contribution is 9.10. The van der Waals surface area contributed by atoms with Crippen LogP contribution in [0.4, 0.5) is 0 Å². The van der Waals surface area contributed by atoms with Gasteiger partial charge in [-0.2, -0.15) is 9.36 Å². The van der Waals surface area contributed by atoms with E-state index in [9.17, 15) is 4.79 Å². The molecule has 0 aliphatic heterocycles. The third-order valence-corrected chi connectivity index (χ3v) is 4.48. The van der Waals surface area contributed by atoms with Crippen LogP contribution < -0.4 is 15.2 Å². The van der Waals surface area contributed by atoms with Crippen LogP contribution >= 0.6 is 15.9 Å². The topological polar surface area (TPSA) is 84.1 Å². The van der Waals surface area contributed by atoms with Crippen molar-refractivity contribution < 1.29 is 9.47 Å². The lowest BCUT2D eigenvalue weighted by atomic mass is 10.1. The number of ether oxygens (including phenoxy) is 2. The van der Waals surface area contributed by atoms with E-state index >= 15 is 0 Å². The highest BCUT2D eigenvalue weighted by Gasteiger charge is 2.16. The first-order valence-electron chi connectivity index (χ1n) is 7.42. The fraction of sp³-hybridized carbons (Fsp3) is 0.250. The predicted octanol–water partition coefficient (Wildman–Crippen LogP) is 2.02. The normalized spacial score (nSPS) is 10.7. The van der Waals surface area contributed by atoms with Crippen LogP contribution in [-0.4, -0.2) is 31.9 Å². The molecule has 0 spiro atoms. The fourth-order valence-corrected chi connectivity index (χ4v) is 2.52. The molecule has 130 valence electrons. The Balaban J connectivity index is 1.98. The number of benzene rings is 1. The summed E-state index contributed by atoms with van der Waals surface area (Å²) in [4.78, 5) is 16.5. The van der Waals surface area contributed by atoms with Gasteiger partial charge in [0.2, 0.25) is 5.88 Å². The molecule has 3 aromatic rings. The fourth-order valence-electron chi connectivity index (χ4n) is 2.30. The van der Waals surface area contributed by atoms with E-state index in [1.807, 2.05) is 13.0 Å². The molecule has 3 rings (SSSR count). The highest BCUT2D eigenvalue weighted by atomic mass is 79.9. The quantitative estimate of drug-likeness (QED) is 0.645. The number of aromatic nitrogens is 5. The largest absolute Gasteiger partial charge is 0.496 e. The molecule has 0 aliphatic carbocycles. The number of methoxy groups -OCH3 is 1. The van der Waals surface area contributed by atoms with E-state index in [0.29, 0.717) is 22.9 Å². The maximum atomic E-state index is 12.2. The van der Waals surface area contributed by atoms with E-state index in [2.05, 4.69) is 31.3 Å². The van der Waals surface area contributed by atoms with Crippen LogP contribution in [0.3, 0.4) is 0 Å². The van der Waals surface area contributed by atoms with Crippen molar-refractivity contribution in [2.75, 3.05) is 7.11 Å². The molecule has 0 radical (unpaired) electrons. The second-order valence-electron chi connectivity index (χ2n) is 5.26. The van der Waals surface area contributed by atoms with E-state index in [1.165, 1.54) is 11.7 Å². The first-order valence-corrected chi connectivity index (χ1v) is 8.21. The summed E-state index contributed by atoms with van der Waals surface area (Å²) in [6, 6.07) is 8.97. The van der Waals surface area contributed by atoms with Gasteiger partial charge >= 0.3 is 5.69 Å². The number of rotatable bonds is 5. The number of nitrogens with zero attached hydrogens (tertiary/aromatic N) is 5. The zero-order chi connectivity index (χ0) is 18.0. The van der Waals surface area contributed by atoms with Crippen LogP contribution in [0.5, 0.6) is 11.6 Å². The van der Waals surface area contributed by atoms with Crippen LogP contribution in [0, 0.1) is 6.92 Å². The Morgan fingerprint density at radius 2 is 2.00 bits per heavy atom. The highest BCUT2D eigenvalue weighted by Crippen LogP contribution is 2.26. The Morgan fingerprint density at radius 1 is 1.20 bits per heavy atom. The van der Waals surface area contributed by atoms with E-state index in [0.717, 1.165) is 14.8 Å². The summed E-state index contributed by atoms with van der Waals surface area (Å²) < 4.78 is 14.5. The van der Waals surface area contributed by atoms with E-state index in [1.54, 1.807) is 31.4 Å². The molecule has 9 heteroatoms. The first kappa shape index (κ1) is 17.2.